The molecule has 1 aromatic rings. The lowest BCUT2D eigenvalue weighted by Gasteiger charge is -2.29. The molecule has 0 spiro atoms. The van der Waals surface area contributed by atoms with Gasteiger partial charge < -0.3 is 15.7 Å². The zero-order valence-electron chi connectivity index (χ0n) is 8.47. The third-order valence-corrected chi connectivity index (χ3v) is 2.61. The van der Waals surface area contributed by atoms with E-state index >= 15 is 0 Å². The zero-order valence-corrected chi connectivity index (χ0v) is 8.47. The van der Waals surface area contributed by atoms with Crippen LogP contribution in [0.15, 0.2) is 12.3 Å². The van der Waals surface area contributed by atoms with Gasteiger partial charge in [0.2, 0.25) is 0 Å². The van der Waals surface area contributed by atoms with Crippen molar-refractivity contribution in [1.82, 2.24) is 4.98 Å². The average Bonchev–Trinajstić information content (AvgIpc) is 2.20. The topological polar surface area (TPSA) is 79.5 Å². The predicted molar refractivity (Wildman–Crippen MR) is 57.9 cm³/mol. The van der Waals surface area contributed by atoms with Gasteiger partial charge in [-0.25, -0.2) is 0 Å². The van der Waals surface area contributed by atoms with E-state index in [1.807, 2.05) is 6.92 Å². The summed E-state index contributed by atoms with van der Waals surface area (Å²) in [6.07, 6.45) is 2.33. The second kappa shape index (κ2) is 3.54. The molecule has 0 unspecified atom stereocenters. The van der Waals surface area contributed by atoms with Crippen LogP contribution in [0, 0.1) is 0 Å². The van der Waals surface area contributed by atoms with Crippen LogP contribution in [-0.4, -0.2) is 22.7 Å². The Kier molecular flexibility index (Phi) is 2.36. The Hall–Kier alpha value is -1.56. The Morgan fingerprint density at radius 2 is 2.47 bits per heavy atom. The quantitative estimate of drug-likeness (QED) is 0.654. The number of aromatic nitrogens is 1. The summed E-state index contributed by atoms with van der Waals surface area (Å²) < 4.78 is 0. The van der Waals surface area contributed by atoms with Crippen molar-refractivity contribution >= 4 is 23.9 Å². The van der Waals surface area contributed by atoms with E-state index in [2.05, 4.69) is 4.98 Å². The largest absolute Gasteiger partial charge is 0.397 e. The van der Waals surface area contributed by atoms with Crippen LogP contribution in [0.25, 0.3) is 0 Å². The molecular formula is C9H12BN3O2. The third kappa shape index (κ3) is 1.57. The molecule has 0 radical (unpaired) electrons. The molecule has 2 rings (SSSR count). The highest BCUT2D eigenvalue weighted by Crippen LogP contribution is 2.27. The molecule has 0 saturated carbocycles. The van der Waals surface area contributed by atoms with Crippen molar-refractivity contribution < 1.29 is 10.0 Å². The van der Waals surface area contributed by atoms with Gasteiger partial charge in [-0.15, -0.1) is 0 Å². The van der Waals surface area contributed by atoms with E-state index in [9.17, 15) is 10.0 Å². The molecule has 1 aliphatic rings. The molecule has 0 aliphatic carbocycles. The second-order valence-electron chi connectivity index (χ2n) is 3.65. The van der Waals surface area contributed by atoms with E-state index in [-0.39, 0.29) is 12.1 Å². The molecule has 0 fully saturated rings. The summed E-state index contributed by atoms with van der Waals surface area (Å²) >= 11 is 0. The number of carbonyl (C=O) groups is 1. The Morgan fingerprint density at radius 3 is 3.13 bits per heavy atom. The maximum atomic E-state index is 11.6. The van der Waals surface area contributed by atoms with Gasteiger partial charge in [0.05, 0.1) is 23.3 Å². The van der Waals surface area contributed by atoms with E-state index in [4.69, 9.17) is 5.73 Å². The molecular weight excluding hydrogens is 193 g/mol. The van der Waals surface area contributed by atoms with Gasteiger partial charge in [0.1, 0.15) is 5.68 Å². The summed E-state index contributed by atoms with van der Waals surface area (Å²) in [5.74, 6) is 0. The molecule has 78 valence electrons. The van der Waals surface area contributed by atoms with Crippen LogP contribution in [0.5, 0.6) is 0 Å². The van der Waals surface area contributed by atoms with E-state index in [0.717, 1.165) is 4.97 Å². The summed E-state index contributed by atoms with van der Waals surface area (Å²) in [4.78, 5) is 16.6. The van der Waals surface area contributed by atoms with Gasteiger partial charge in [-0.3, -0.25) is 9.96 Å². The lowest BCUT2D eigenvalue weighted by molar-refractivity contribution is -0.112. The highest BCUT2D eigenvalue weighted by atomic mass is 16.5. The first-order chi connectivity index (χ1) is 7.13. The Morgan fingerprint density at radius 1 is 1.73 bits per heavy atom. The second-order valence-corrected chi connectivity index (χ2v) is 3.65. The standard InChI is InChI=1S/C9H12BN3O2/c1-2-10-9(14)4-7-8(13(10)15)3-6(11)5-12-7/h3,5,15H,2,4,11H2,1H3. The van der Waals surface area contributed by atoms with Crippen LogP contribution < -0.4 is 10.7 Å². The number of nitrogens with zero attached hydrogens (tertiary/aromatic N) is 2. The van der Waals surface area contributed by atoms with Crippen molar-refractivity contribution in [2.24, 2.45) is 0 Å². The van der Waals surface area contributed by atoms with E-state index in [1.54, 1.807) is 6.07 Å². The van der Waals surface area contributed by atoms with Crippen LogP contribution in [0.4, 0.5) is 11.4 Å². The van der Waals surface area contributed by atoms with Gasteiger partial charge in [-0.2, -0.15) is 0 Å². The van der Waals surface area contributed by atoms with Gasteiger partial charge in [0, 0.05) is 6.42 Å². The molecule has 0 aromatic carbocycles. The molecule has 3 N–H and O–H groups in total. The molecule has 2 heterocycles. The first-order valence-electron chi connectivity index (χ1n) is 4.88. The number of anilines is 2. The number of rotatable bonds is 1. The number of pyridine rings is 1. The van der Waals surface area contributed by atoms with Gasteiger partial charge in [0.15, 0.2) is 0 Å². The number of hydrogen-bond donors (Lipinski definition) is 2. The molecule has 1 aliphatic heterocycles. The average molecular weight is 205 g/mol. The first kappa shape index (κ1) is 9.98. The fourth-order valence-electron chi connectivity index (χ4n) is 1.82. The third-order valence-electron chi connectivity index (χ3n) is 2.61. The van der Waals surface area contributed by atoms with Crippen LogP contribution in [0.3, 0.4) is 0 Å². The fraction of sp³-hybridized carbons (Fsp3) is 0.333. The Balaban J connectivity index is 2.46. The van der Waals surface area contributed by atoms with Gasteiger partial charge >= 0.3 is 6.85 Å². The van der Waals surface area contributed by atoms with Crippen molar-refractivity contribution in [2.45, 2.75) is 19.7 Å². The highest BCUT2D eigenvalue weighted by Gasteiger charge is 2.36. The number of carbonyl (C=O) groups excluding carboxylic acids is 1. The molecule has 15 heavy (non-hydrogen) atoms. The summed E-state index contributed by atoms with van der Waals surface area (Å²) in [5.41, 5.74) is 7.18. The van der Waals surface area contributed by atoms with Gasteiger partial charge in [0.25, 0.3) is 0 Å². The maximum absolute atomic E-state index is 11.6. The Labute approximate surface area is 88.0 Å². The number of hydrogen-bond acceptors (Lipinski definition) is 5. The maximum Gasteiger partial charge on any atom is 0.364 e. The van der Waals surface area contributed by atoms with Crippen LogP contribution in [0.1, 0.15) is 12.6 Å². The van der Waals surface area contributed by atoms with E-state index in [0.29, 0.717) is 23.4 Å². The van der Waals surface area contributed by atoms with Crippen molar-refractivity contribution in [3.63, 3.8) is 0 Å². The fourth-order valence-corrected chi connectivity index (χ4v) is 1.82. The molecule has 0 atom stereocenters. The van der Waals surface area contributed by atoms with Crippen molar-refractivity contribution in [2.75, 3.05) is 10.7 Å². The molecule has 0 bridgehead atoms. The monoisotopic (exact) mass is 205 g/mol. The summed E-state index contributed by atoms with van der Waals surface area (Å²) in [7, 11) is 0. The first-order valence-corrected chi connectivity index (χ1v) is 4.88. The minimum absolute atomic E-state index is 0.00947. The smallest absolute Gasteiger partial charge is 0.364 e. The molecule has 6 heteroatoms. The van der Waals surface area contributed by atoms with Gasteiger partial charge in [-0.1, -0.05) is 6.92 Å². The molecule has 5 nitrogen and oxygen atoms in total. The normalized spacial score (nSPS) is 15.5. The summed E-state index contributed by atoms with van der Waals surface area (Å²) in [6.45, 7) is 1.39. The number of fused-ring (bicyclic) bond motifs is 1. The Bertz CT molecular complexity index is 410. The van der Waals surface area contributed by atoms with E-state index in [1.165, 1.54) is 6.20 Å². The van der Waals surface area contributed by atoms with Gasteiger partial charge in [-0.05, 0) is 12.4 Å². The summed E-state index contributed by atoms with van der Waals surface area (Å²) in [6, 6.07) is 1.64. The number of nitrogens with two attached hydrogens (primary N) is 1. The lowest BCUT2D eigenvalue weighted by Crippen LogP contribution is -2.48. The molecule has 0 amide bonds. The molecule has 0 saturated heterocycles. The minimum atomic E-state index is -0.471. The number of nitrogen functional groups attached to an aromatic ring is 1. The summed E-state index contributed by atoms with van der Waals surface area (Å²) in [5, 5.41) is 9.83. The SMILES string of the molecule is CCB1C(=O)Cc2ncc(N)cc2N1O. The lowest BCUT2D eigenvalue weighted by atomic mass is 9.52. The minimum Gasteiger partial charge on any atom is -0.397 e. The van der Waals surface area contributed by atoms with Crippen LogP contribution >= 0.6 is 0 Å². The zero-order chi connectivity index (χ0) is 11.0. The predicted octanol–water partition coefficient (Wildman–Crippen LogP) is 0.535. The van der Waals surface area contributed by atoms with Crippen molar-refractivity contribution in [3.8, 4) is 0 Å². The van der Waals surface area contributed by atoms with E-state index < -0.39 is 6.85 Å². The van der Waals surface area contributed by atoms with Crippen LogP contribution in [-0.2, 0) is 11.2 Å². The van der Waals surface area contributed by atoms with Crippen molar-refractivity contribution in [3.05, 3.63) is 18.0 Å². The molecule has 1 aromatic heterocycles. The highest BCUT2D eigenvalue weighted by molar-refractivity contribution is 6.92. The van der Waals surface area contributed by atoms with Crippen LogP contribution in [0.2, 0.25) is 6.32 Å². The van der Waals surface area contributed by atoms with Crippen molar-refractivity contribution in [1.29, 1.82) is 0 Å².